The maximum absolute atomic E-state index is 12.3. The molecule has 0 radical (unpaired) electrons. The zero-order valence-electron chi connectivity index (χ0n) is 17.3. The lowest BCUT2D eigenvalue weighted by molar-refractivity contribution is -0.117. The second-order valence-corrected chi connectivity index (χ2v) is 8.18. The zero-order chi connectivity index (χ0) is 21.6. The Morgan fingerprint density at radius 2 is 1.87 bits per heavy atom. The monoisotopic (exact) mass is 436 g/mol. The average Bonchev–Trinajstić information content (AvgIpc) is 3.43. The third-order valence-electron chi connectivity index (χ3n) is 5.05. The SMILES string of the molecule is COc1ccc(-n2ccnc2SCCC(=O)Nc2ccc(N3CCCC3=O)cc2)cc1. The molecule has 1 saturated heterocycles. The van der Waals surface area contributed by atoms with Gasteiger partial charge >= 0.3 is 0 Å². The van der Waals surface area contributed by atoms with Gasteiger partial charge in [0, 0.05) is 54.6 Å². The Labute approximate surface area is 185 Å². The van der Waals surface area contributed by atoms with Crippen molar-refractivity contribution in [1.29, 1.82) is 0 Å². The fourth-order valence-corrected chi connectivity index (χ4v) is 4.35. The number of ether oxygens (including phenoxy) is 1. The van der Waals surface area contributed by atoms with Crippen molar-refractivity contribution in [3.8, 4) is 11.4 Å². The molecule has 1 aliphatic heterocycles. The molecule has 0 bridgehead atoms. The maximum Gasteiger partial charge on any atom is 0.227 e. The Morgan fingerprint density at radius 1 is 1.13 bits per heavy atom. The number of carbonyl (C=O) groups excluding carboxylic acids is 2. The molecule has 3 aromatic rings. The van der Waals surface area contributed by atoms with E-state index in [2.05, 4.69) is 10.3 Å². The van der Waals surface area contributed by atoms with Crippen LogP contribution in [-0.2, 0) is 9.59 Å². The van der Waals surface area contributed by atoms with E-state index in [1.807, 2.05) is 59.3 Å². The van der Waals surface area contributed by atoms with E-state index < -0.39 is 0 Å². The number of nitrogens with one attached hydrogen (secondary N) is 1. The van der Waals surface area contributed by atoms with Crippen LogP contribution in [0.3, 0.4) is 0 Å². The van der Waals surface area contributed by atoms with Crippen molar-refractivity contribution >= 4 is 35.0 Å². The molecule has 2 heterocycles. The Balaban J connectivity index is 1.28. The van der Waals surface area contributed by atoms with E-state index in [-0.39, 0.29) is 11.8 Å². The van der Waals surface area contributed by atoms with E-state index >= 15 is 0 Å². The van der Waals surface area contributed by atoms with Gasteiger partial charge < -0.3 is 15.0 Å². The summed E-state index contributed by atoms with van der Waals surface area (Å²) in [7, 11) is 1.64. The first-order valence-electron chi connectivity index (χ1n) is 10.1. The summed E-state index contributed by atoms with van der Waals surface area (Å²) in [4.78, 5) is 30.4. The molecule has 8 heteroatoms. The molecular formula is C23H24N4O3S. The highest BCUT2D eigenvalue weighted by molar-refractivity contribution is 7.99. The molecule has 2 amide bonds. The quantitative estimate of drug-likeness (QED) is 0.538. The number of hydrogen-bond donors (Lipinski definition) is 1. The van der Waals surface area contributed by atoms with E-state index in [1.165, 1.54) is 11.8 Å². The minimum Gasteiger partial charge on any atom is -0.497 e. The third kappa shape index (κ3) is 5.08. The zero-order valence-corrected chi connectivity index (χ0v) is 18.1. The maximum atomic E-state index is 12.3. The van der Waals surface area contributed by atoms with Gasteiger partial charge in [0.2, 0.25) is 11.8 Å². The number of anilines is 2. The van der Waals surface area contributed by atoms with Crippen LogP contribution in [0.15, 0.2) is 66.1 Å². The van der Waals surface area contributed by atoms with Crippen LogP contribution in [0, 0.1) is 0 Å². The summed E-state index contributed by atoms with van der Waals surface area (Å²) >= 11 is 1.53. The number of hydrogen-bond acceptors (Lipinski definition) is 5. The van der Waals surface area contributed by atoms with Gasteiger partial charge in [-0.15, -0.1) is 0 Å². The van der Waals surface area contributed by atoms with Crippen LogP contribution in [-0.4, -0.2) is 40.8 Å². The Kier molecular flexibility index (Phi) is 6.57. The minimum atomic E-state index is -0.0555. The number of imidazole rings is 1. The fourth-order valence-electron chi connectivity index (χ4n) is 3.44. The Bertz CT molecular complexity index is 1050. The van der Waals surface area contributed by atoms with Crippen molar-refractivity contribution in [3.63, 3.8) is 0 Å². The molecule has 0 aliphatic carbocycles. The fraction of sp³-hybridized carbons (Fsp3) is 0.261. The van der Waals surface area contributed by atoms with Gasteiger partial charge in [0.25, 0.3) is 0 Å². The standard InChI is InChI=1S/C23H24N4O3S/c1-30-20-10-8-19(9-11-20)27-15-13-24-23(27)31-16-12-21(28)25-17-4-6-18(7-5-17)26-14-2-3-22(26)29/h4-11,13,15H,2-3,12,14,16H2,1H3,(H,25,28). The predicted octanol–water partition coefficient (Wildman–Crippen LogP) is 4.13. The van der Waals surface area contributed by atoms with E-state index in [0.29, 0.717) is 18.6 Å². The molecule has 1 N–H and O–H groups in total. The summed E-state index contributed by atoms with van der Waals surface area (Å²) in [6.07, 6.45) is 5.52. The molecule has 1 aromatic heterocycles. The van der Waals surface area contributed by atoms with Crippen LogP contribution >= 0.6 is 11.8 Å². The van der Waals surface area contributed by atoms with Crippen molar-refractivity contribution in [3.05, 3.63) is 60.9 Å². The molecule has 1 fully saturated rings. The van der Waals surface area contributed by atoms with Gasteiger partial charge in [-0.3, -0.25) is 14.2 Å². The highest BCUT2D eigenvalue weighted by atomic mass is 32.2. The largest absolute Gasteiger partial charge is 0.497 e. The molecule has 0 spiro atoms. The highest BCUT2D eigenvalue weighted by Gasteiger charge is 2.21. The number of nitrogens with zero attached hydrogens (tertiary/aromatic N) is 3. The van der Waals surface area contributed by atoms with Gasteiger partial charge in [0.15, 0.2) is 5.16 Å². The number of rotatable bonds is 8. The van der Waals surface area contributed by atoms with Crippen LogP contribution in [0.25, 0.3) is 5.69 Å². The molecule has 2 aromatic carbocycles. The van der Waals surface area contributed by atoms with Crippen LogP contribution in [0.4, 0.5) is 11.4 Å². The molecule has 1 aliphatic rings. The van der Waals surface area contributed by atoms with E-state index in [0.717, 1.165) is 40.9 Å². The van der Waals surface area contributed by atoms with Crippen LogP contribution in [0.1, 0.15) is 19.3 Å². The second-order valence-electron chi connectivity index (χ2n) is 7.12. The average molecular weight is 437 g/mol. The van der Waals surface area contributed by atoms with E-state index in [9.17, 15) is 9.59 Å². The lowest BCUT2D eigenvalue weighted by Crippen LogP contribution is -2.23. The van der Waals surface area contributed by atoms with Gasteiger partial charge in [0.1, 0.15) is 5.75 Å². The summed E-state index contributed by atoms with van der Waals surface area (Å²) in [6.45, 7) is 0.758. The van der Waals surface area contributed by atoms with E-state index in [4.69, 9.17) is 4.74 Å². The summed E-state index contributed by atoms with van der Waals surface area (Å²) in [5, 5.41) is 3.74. The molecule has 160 valence electrons. The first-order chi connectivity index (χ1) is 15.1. The van der Waals surface area contributed by atoms with Crippen LogP contribution < -0.4 is 15.0 Å². The van der Waals surface area contributed by atoms with Gasteiger partial charge in [-0.05, 0) is 55.0 Å². The first kappa shape index (κ1) is 21.0. The predicted molar refractivity (Wildman–Crippen MR) is 122 cm³/mol. The summed E-state index contributed by atoms with van der Waals surface area (Å²) in [5.41, 5.74) is 2.59. The summed E-state index contributed by atoms with van der Waals surface area (Å²) in [6, 6.07) is 15.2. The number of carbonyl (C=O) groups is 2. The number of thioether (sulfide) groups is 1. The second kappa shape index (κ2) is 9.70. The Morgan fingerprint density at radius 3 is 2.55 bits per heavy atom. The van der Waals surface area contributed by atoms with Crippen molar-refractivity contribution < 1.29 is 14.3 Å². The molecule has 0 saturated carbocycles. The van der Waals surface area contributed by atoms with Crippen LogP contribution in [0.2, 0.25) is 0 Å². The lowest BCUT2D eigenvalue weighted by atomic mass is 10.2. The van der Waals surface area contributed by atoms with E-state index in [1.54, 1.807) is 18.2 Å². The van der Waals surface area contributed by atoms with Gasteiger partial charge in [-0.1, -0.05) is 11.8 Å². The van der Waals surface area contributed by atoms with Crippen molar-refractivity contribution in [2.45, 2.75) is 24.4 Å². The van der Waals surface area contributed by atoms with Gasteiger partial charge in [0.05, 0.1) is 7.11 Å². The third-order valence-corrected chi connectivity index (χ3v) is 6.02. The minimum absolute atomic E-state index is 0.0555. The molecule has 0 atom stereocenters. The summed E-state index contributed by atoms with van der Waals surface area (Å²) < 4.78 is 7.19. The van der Waals surface area contributed by atoms with Crippen molar-refractivity contribution in [2.75, 3.05) is 29.6 Å². The smallest absolute Gasteiger partial charge is 0.227 e. The molecule has 7 nitrogen and oxygen atoms in total. The number of amides is 2. The number of aromatic nitrogens is 2. The van der Waals surface area contributed by atoms with Crippen molar-refractivity contribution in [1.82, 2.24) is 9.55 Å². The number of benzene rings is 2. The van der Waals surface area contributed by atoms with Crippen molar-refractivity contribution in [2.24, 2.45) is 0 Å². The number of methoxy groups -OCH3 is 1. The lowest BCUT2D eigenvalue weighted by Gasteiger charge is -2.16. The molecular weight excluding hydrogens is 412 g/mol. The molecule has 0 unspecified atom stereocenters. The van der Waals surface area contributed by atoms with Gasteiger partial charge in [-0.2, -0.15) is 0 Å². The first-order valence-corrected chi connectivity index (χ1v) is 11.1. The topological polar surface area (TPSA) is 76.5 Å². The molecule has 4 rings (SSSR count). The highest BCUT2D eigenvalue weighted by Crippen LogP contribution is 2.24. The molecule has 31 heavy (non-hydrogen) atoms. The normalized spacial score (nSPS) is 13.5. The van der Waals surface area contributed by atoms with Gasteiger partial charge in [-0.25, -0.2) is 4.98 Å². The van der Waals surface area contributed by atoms with Crippen LogP contribution in [0.5, 0.6) is 5.75 Å². The summed E-state index contributed by atoms with van der Waals surface area (Å²) in [5.74, 6) is 1.51. The Hall–Kier alpha value is -3.26.